The third-order valence-corrected chi connectivity index (χ3v) is 3.59. The van der Waals surface area contributed by atoms with Gasteiger partial charge in [-0.25, -0.2) is 4.79 Å². The number of furan rings is 1. The Morgan fingerprint density at radius 2 is 1.72 bits per heavy atom. The van der Waals surface area contributed by atoms with Gasteiger partial charge in [-0.2, -0.15) is 0 Å². The summed E-state index contributed by atoms with van der Waals surface area (Å²) >= 11 is 0. The third-order valence-electron chi connectivity index (χ3n) is 3.59. The molecule has 0 bridgehead atoms. The molecule has 132 valence electrons. The Morgan fingerprint density at radius 3 is 2.24 bits per heavy atom. The minimum Gasteiger partial charge on any atom is -0.478 e. The molecule has 0 atom stereocenters. The number of rotatable bonds is 7. The van der Waals surface area contributed by atoms with Crippen LogP contribution in [0.1, 0.15) is 56.4 Å². The number of hydrogen-bond donors (Lipinski definition) is 3. The third kappa shape index (κ3) is 4.47. The van der Waals surface area contributed by atoms with E-state index in [1.54, 1.807) is 31.2 Å². The number of hydrogen-bond acceptors (Lipinski definition) is 4. The number of benzene rings is 1. The van der Waals surface area contributed by atoms with E-state index in [9.17, 15) is 14.4 Å². The summed E-state index contributed by atoms with van der Waals surface area (Å²) in [5.41, 5.74) is 1.35. The van der Waals surface area contributed by atoms with Crippen molar-refractivity contribution in [2.45, 2.75) is 26.8 Å². The van der Waals surface area contributed by atoms with Gasteiger partial charge in [0, 0.05) is 31.1 Å². The fourth-order valence-electron chi connectivity index (χ4n) is 2.29. The summed E-state index contributed by atoms with van der Waals surface area (Å²) in [7, 11) is 0. The lowest BCUT2D eigenvalue weighted by atomic mass is 10.1. The second-order valence-corrected chi connectivity index (χ2v) is 5.35. The van der Waals surface area contributed by atoms with Crippen LogP contribution in [0.25, 0.3) is 0 Å². The number of carboxylic acid groups (broad SMARTS) is 1. The number of carboxylic acids is 1. The van der Waals surface area contributed by atoms with E-state index >= 15 is 0 Å². The Hall–Kier alpha value is -3.09. The zero-order valence-electron chi connectivity index (χ0n) is 14.1. The van der Waals surface area contributed by atoms with E-state index in [1.807, 2.05) is 6.92 Å². The van der Waals surface area contributed by atoms with Gasteiger partial charge in [0.05, 0.1) is 0 Å². The Bertz CT molecular complexity index is 777. The lowest BCUT2D eigenvalue weighted by Crippen LogP contribution is -2.23. The molecule has 1 aromatic heterocycles. The summed E-state index contributed by atoms with van der Waals surface area (Å²) in [6.07, 6.45) is 0.385. The molecule has 7 nitrogen and oxygen atoms in total. The first kappa shape index (κ1) is 18.3. The van der Waals surface area contributed by atoms with Gasteiger partial charge < -0.3 is 20.2 Å². The summed E-state index contributed by atoms with van der Waals surface area (Å²) in [5.74, 6) is -1.53. The van der Waals surface area contributed by atoms with Crippen molar-refractivity contribution in [3.63, 3.8) is 0 Å². The Balaban J connectivity index is 2.00. The molecule has 0 aliphatic rings. The number of amides is 2. The van der Waals surface area contributed by atoms with Gasteiger partial charge in [0.25, 0.3) is 11.8 Å². The zero-order chi connectivity index (χ0) is 18.4. The van der Waals surface area contributed by atoms with E-state index in [0.717, 1.165) is 5.56 Å². The average Bonchev–Trinajstić information content (AvgIpc) is 3.05. The molecule has 0 unspecified atom stereocenters. The maximum atomic E-state index is 12.1. The van der Waals surface area contributed by atoms with Crippen molar-refractivity contribution in [2.24, 2.45) is 0 Å². The van der Waals surface area contributed by atoms with Crippen molar-refractivity contribution in [1.29, 1.82) is 0 Å². The van der Waals surface area contributed by atoms with Crippen LogP contribution in [0.4, 0.5) is 0 Å². The Kier molecular flexibility index (Phi) is 5.94. The molecule has 0 radical (unpaired) electrons. The SMILES string of the molecule is CCNC(=O)c1ccc(CNC(=O)c2cc(C(=O)O)c(CC)o2)cc1. The van der Waals surface area contributed by atoms with Crippen molar-refractivity contribution in [3.8, 4) is 0 Å². The van der Waals surface area contributed by atoms with E-state index in [2.05, 4.69) is 10.6 Å². The lowest BCUT2D eigenvalue weighted by molar-refractivity contribution is 0.0693. The predicted octanol–water partition coefficient (Wildman–Crippen LogP) is 2.22. The van der Waals surface area contributed by atoms with Crippen LogP contribution in [0.15, 0.2) is 34.7 Å². The quantitative estimate of drug-likeness (QED) is 0.713. The first-order chi connectivity index (χ1) is 12.0. The molecule has 0 saturated carbocycles. The maximum Gasteiger partial charge on any atom is 0.339 e. The minimum absolute atomic E-state index is 0.000982. The predicted molar refractivity (Wildman–Crippen MR) is 90.7 cm³/mol. The molecule has 0 saturated heterocycles. The monoisotopic (exact) mass is 344 g/mol. The second kappa shape index (κ2) is 8.14. The van der Waals surface area contributed by atoms with Crippen molar-refractivity contribution in [1.82, 2.24) is 10.6 Å². The van der Waals surface area contributed by atoms with Crippen molar-refractivity contribution in [2.75, 3.05) is 6.54 Å². The van der Waals surface area contributed by atoms with E-state index in [1.165, 1.54) is 6.07 Å². The normalized spacial score (nSPS) is 10.3. The summed E-state index contributed by atoms with van der Waals surface area (Å²) < 4.78 is 5.31. The highest BCUT2D eigenvalue weighted by molar-refractivity contribution is 5.96. The van der Waals surface area contributed by atoms with E-state index in [-0.39, 0.29) is 29.5 Å². The fourth-order valence-corrected chi connectivity index (χ4v) is 2.29. The molecule has 1 heterocycles. The second-order valence-electron chi connectivity index (χ2n) is 5.35. The van der Waals surface area contributed by atoms with Gasteiger partial charge in [-0.1, -0.05) is 19.1 Å². The van der Waals surface area contributed by atoms with Crippen LogP contribution < -0.4 is 10.6 Å². The number of aryl methyl sites for hydroxylation is 1. The number of carbonyl (C=O) groups excluding carboxylic acids is 2. The first-order valence-corrected chi connectivity index (χ1v) is 7.97. The molecular weight excluding hydrogens is 324 g/mol. The standard InChI is InChI=1S/C18H20N2O5/c1-3-14-13(18(23)24)9-15(25-14)17(22)20-10-11-5-7-12(8-6-11)16(21)19-4-2/h5-9H,3-4,10H2,1-2H3,(H,19,21)(H,20,22)(H,23,24). The van der Waals surface area contributed by atoms with E-state index in [0.29, 0.717) is 18.5 Å². The number of aromatic carboxylic acids is 1. The van der Waals surface area contributed by atoms with E-state index in [4.69, 9.17) is 9.52 Å². The summed E-state index contributed by atoms with van der Waals surface area (Å²) in [4.78, 5) is 34.9. The minimum atomic E-state index is -1.12. The molecule has 2 rings (SSSR count). The van der Waals surface area contributed by atoms with Crippen LogP contribution in [-0.2, 0) is 13.0 Å². The van der Waals surface area contributed by atoms with Crippen LogP contribution in [0.2, 0.25) is 0 Å². The highest BCUT2D eigenvalue weighted by Crippen LogP contribution is 2.16. The van der Waals surface area contributed by atoms with Crippen LogP contribution in [0.5, 0.6) is 0 Å². The fraction of sp³-hybridized carbons (Fsp3) is 0.278. The van der Waals surface area contributed by atoms with Gasteiger partial charge in [0.15, 0.2) is 5.76 Å². The molecule has 3 N–H and O–H groups in total. The average molecular weight is 344 g/mol. The molecular formula is C18H20N2O5. The Labute approximate surface area is 145 Å². The molecule has 0 spiro atoms. The highest BCUT2D eigenvalue weighted by atomic mass is 16.4. The largest absolute Gasteiger partial charge is 0.478 e. The van der Waals surface area contributed by atoms with Gasteiger partial charge in [-0.05, 0) is 24.6 Å². The summed E-state index contributed by atoms with van der Waals surface area (Å²) in [6, 6.07) is 8.07. The van der Waals surface area contributed by atoms with Crippen LogP contribution >= 0.6 is 0 Å². The lowest BCUT2D eigenvalue weighted by Gasteiger charge is -2.05. The van der Waals surface area contributed by atoms with Crippen molar-refractivity contribution < 1.29 is 23.9 Å². The molecule has 0 aliphatic carbocycles. The first-order valence-electron chi connectivity index (χ1n) is 7.97. The molecule has 0 aliphatic heterocycles. The summed E-state index contributed by atoms with van der Waals surface area (Å²) in [5, 5.41) is 14.5. The van der Waals surface area contributed by atoms with Gasteiger partial charge in [-0.15, -0.1) is 0 Å². The van der Waals surface area contributed by atoms with Gasteiger partial charge in [-0.3, -0.25) is 9.59 Å². The number of nitrogens with one attached hydrogen (secondary N) is 2. The molecule has 2 amide bonds. The van der Waals surface area contributed by atoms with Gasteiger partial charge >= 0.3 is 5.97 Å². The molecule has 0 fully saturated rings. The molecule has 25 heavy (non-hydrogen) atoms. The van der Waals surface area contributed by atoms with Gasteiger partial charge in [0.1, 0.15) is 11.3 Å². The van der Waals surface area contributed by atoms with Gasteiger partial charge in [0.2, 0.25) is 0 Å². The van der Waals surface area contributed by atoms with Crippen molar-refractivity contribution >= 4 is 17.8 Å². The van der Waals surface area contributed by atoms with Crippen LogP contribution in [0.3, 0.4) is 0 Å². The number of carbonyl (C=O) groups is 3. The van der Waals surface area contributed by atoms with Crippen LogP contribution in [0, 0.1) is 0 Å². The molecule has 2 aromatic rings. The molecule has 1 aromatic carbocycles. The maximum absolute atomic E-state index is 12.1. The van der Waals surface area contributed by atoms with Crippen molar-refractivity contribution in [3.05, 3.63) is 58.5 Å². The molecule has 7 heteroatoms. The van der Waals surface area contributed by atoms with E-state index < -0.39 is 11.9 Å². The summed E-state index contributed by atoms with van der Waals surface area (Å²) in [6.45, 7) is 4.39. The zero-order valence-corrected chi connectivity index (χ0v) is 14.1. The highest BCUT2D eigenvalue weighted by Gasteiger charge is 2.19. The Morgan fingerprint density at radius 1 is 1.04 bits per heavy atom. The smallest absolute Gasteiger partial charge is 0.339 e. The topological polar surface area (TPSA) is 109 Å². The van der Waals surface area contributed by atoms with Crippen LogP contribution in [-0.4, -0.2) is 29.4 Å².